The molecular weight excluding hydrogens is 246 g/mol. The van der Waals surface area contributed by atoms with Crippen LogP contribution in [0.25, 0.3) is 6.08 Å². The maximum Gasteiger partial charge on any atom is 0.308 e. The van der Waals surface area contributed by atoms with Gasteiger partial charge in [0.2, 0.25) is 0 Å². The van der Waals surface area contributed by atoms with Crippen molar-refractivity contribution in [2.45, 2.75) is 6.92 Å². The van der Waals surface area contributed by atoms with Gasteiger partial charge < -0.3 is 15.2 Å². The van der Waals surface area contributed by atoms with Crippen LogP contribution in [-0.4, -0.2) is 30.1 Å². The summed E-state index contributed by atoms with van der Waals surface area (Å²) in [6.07, 6.45) is 1.76. The molecule has 5 heteroatoms. The fourth-order valence-electron chi connectivity index (χ4n) is 1.69. The third-order valence-corrected chi connectivity index (χ3v) is 2.91. The van der Waals surface area contributed by atoms with Crippen molar-refractivity contribution >= 4 is 18.0 Å². The minimum absolute atomic E-state index is 0.104. The molecule has 1 aliphatic rings. The van der Waals surface area contributed by atoms with E-state index in [1.54, 1.807) is 13.0 Å². The summed E-state index contributed by atoms with van der Waals surface area (Å²) in [6.45, 7) is 1.85. The summed E-state index contributed by atoms with van der Waals surface area (Å²) in [5, 5.41) is 11.3. The number of fused-ring (bicyclic) bond motifs is 1. The Labute approximate surface area is 110 Å². The number of benzene rings is 1. The van der Waals surface area contributed by atoms with Crippen LogP contribution in [0.4, 0.5) is 0 Å². The van der Waals surface area contributed by atoms with E-state index in [1.807, 2.05) is 24.3 Å². The van der Waals surface area contributed by atoms with Gasteiger partial charge in [-0.3, -0.25) is 9.59 Å². The maximum atomic E-state index is 11.9. The molecule has 1 heterocycles. The van der Waals surface area contributed by atoms with Crippen molar-refractivity contribution in [1.29, 1.82) is 0 Å². The van der Waals surface area contributed by atoms with Gasteiger partial charge in [0.15, 0.2) is 0 Å². The number of carbonyl (C=O) groups excluding carboxylic acids is 1. The second-order valence-electron chi connectivity index (χ2n) is 4.45. The van der Waals surface area contributed by atoms with Crippen LogP contribution < -0.4 is 10.1 Å². The van der Waals surface area contributed by atoms with Crippen molar-refractivity contribution in [3.05, 3.63) is 35.4 Å². The minimum Gasteiger partial charge on any atom is -0.488 e. The molecule has 0 bridgehead atoms. The molecule has 0 radical (unpaired) electrons. The minimum atomic E-state index is -0.931. The number of para-hydroxylation sites is 1. The molecule has 0 fully saturated rings. The second kappa shape index (κ2) is 5.56. The van der Waals surface area contributed by atoms with E-state index in [0.29, 0.717) is 5.57 Å². The molecule has 0 saturated carbocycles. The highest BCUT2D eigenvalue weighted by atomic mass is 16.5. The Balaban J connectivity index is 2.02. The fourth-order valence-corrected chi connectivity index (χ4v) is 1.69. The van der Waals surface area contributed by atoms with Crippen molar-refractivity contribution < 1.29 is 19.4 Å². The van der Waals surface area contributed by atoms with Crippen molar-refractivity contribution in [3.8, 4) is 5.75 Å². The Kier molecular flexibility index (Phi) is 3.85. The first-order chi connectivity index (χ1) is 9.08. The molecule has 2 rings (SSSR count). The molecule has 1 aromatic carbocycles. The van der Waals surface area contributed by atoms with Gasteiger partial charge in [-0.1, -0.05) is 25.1 Å². The number of nitrogens with one attached hydrogen (secondary N) is 1. The summed E-state index contributed by atoms with van der Waals surface area (Å²) in [5.41, 5.74) is 1.35. The van der Waals surface area contributed by atoms with Gasteiger partial charge in [0.1, 0.15) is 12.4 Å². The van der Waals surface area contributed by atoms with E-state index in [2.05, 4.69) is 5.32 Å². The summed E-state index contributed by atoms with van der Waals surface area (Å²) in [5.74, 6) is -1.08. The van der Waals surface area contributed by atoms with E-state index in [9.17, 15) is 9.59 Å². The monoisotopic (exact) mass is 261 g/mol. The van der Waals surface area contributed by atoms with Crippen LogP contribution in [0.5, 0.6) is 5.75 Å². The number of hydrogen-bond donors (Lipinski definition) is 2. The van der Waals surface area contributed by atoms with Crippen LogP contribution in [0, 0.1) is 5.92 Å². The standard InChI is InChI=1S/C14H15NO4/c1-9(14(17)18)7-15-13(16)11-6-10-4-2-3-5-12(10)19-8-11/h2-6,9H,7-8H2,1H3,(H,15,16)(H,17,18). The lowest BCUT2D eigenvalue weighted by Crippen LogP contribution is -2.34. The van der Waals surface area contributed by atoms with Crippen molar-refractivity contribution in [2.24, 2.45) is 5.92 Å². The average Bonchev–Trinajstić information content (AvgIpc) is 2.43. The third-order valence-electron chi connectivity index (χ3n) is 2.91. The normalized spacial score (nSPS) is 14.7. The molecular formula is C14H15NO4. The Hall–Kier alpha value is -2.30. The van der Waals surface area contributed by atoms with Gasteiger partial charge in [-0.25, -0.2) is 0 Å². The number of carboxylic acid groups (broad SMARTS) is 1. The zero-order chi connectivity index (χ0) is 13.8. The first-order valence-corrected chi connectivity index (χ1v) is 6.01. The Bertz CT molecular complexity index is 536. The lowest BCUT2D eigenvalue weighted by atomic mass is 10.1. The summed E-state index contributed by atoms with van der Waals surface area (Å²) in [4.78, 5) is 22.5. The number of amides is 1. The molecule has 1 atom stereocenters. The van der Waals surface area contributed by atoms with Crippen molar-refractivity contribution in [3.63, 3.8) is 0 Å². The zero-order valence-electron chi connectivity index (χ0n) is 10.6. The van der Waals surface area contributed by atoms with Crippen LogP contribution >= 0.6 is 0 Å². The number of aliphatic carboxylic acids is 1. The molecule has 0 aliphatic carbocycles. The highest BCUT2D eigenvalue weighted by Gasteiger charge is 2.18. The van der Waals surface area contributed by atoms with E-state index in [-0.39, 0.29) is 19.1 Å². The Morgan fingerprint density at radius 3 is 2.89 bits per heavy atom. The van der Waals surface area contributed by atoms with Gasteiger partial charge in [-0.05, 0) is 12.1 Å². The molecule has 19 heavy (non-hydrogen) atoms. The molecule has 1 aliphatic heterocycles. The molecule has 5 nitrogen and oxygen atoms in total. The molecule has 1 amide bonds. The lowest BCUT2D eigenvalue weighted by molar-refractivity contribution is -0.141. The first kappa shape index (κ1) is 13.1. The van der Waals surface area contributed by atoms with Gasteiger partial charge in [0, 0.05) is 12.1 Å². The second-order valence-corrected chi connectivity index (χ2v) is 4.45. The largest absolute Gasteiger partial charge is 0.488 e. The van der Waals surface area contributed by atoms with Gasteiger partial charge in [0.25, 0.3) is 5.91 Å². The molecule has 2 N–H and O–H groups in total. The number of ether oxygens (including phenoxy) is 1. The third kappa shape index (κ3) is 3.13. The number of rotatable bonds is 4. The van der Waals surface area contributed by atoms with Crippen LogP contribution in [0.2, 0.25) is 0 Å². The SMILES string of the molecule is CC(CNC(=O)C1=Cc2ccccc2OC1)C(=O)O. The lowest BCUT2D eigenvalue weighted by Gasteiger charge is -2.17. The summed E-state index contributed by atoms with van der Waals surface area (Å²) >= 11 is 0. The first-order valence-electron chi connectivity index (χ1n) is 6.01. The topological polar surface area (TPSA) is 75.6 Å². The highest BCUT2D eigenvalue weighted by Crippen LogP contribution is 2.25. The number of hydrogen-bond acceptors (Lipinski definition) is 3. The van der Waals surface area contributed by atoms with E-state index < -0.39 is 11.9 Å². The van der Waals surface area contributed by atoms with Crippen LogP contribution in [0.15, 0.2) is 29.8 Å². The summed E-state index contributed by atoms with van der Waals surface area (Å²) in [7, 11) is 0. The van der Waals surface area contributed by atoms with E-state index in [0.717, 1.165) is 11.3 Å². The van der Waals surface area contributed by atoms with E-state index in [1.165, 1.54) is 0 Å². The maximum absolute atomic E-state index is 11.9. The van der Waals surface area contributed by atoms with Crippen molar-refractivity contribution in [2.75, 3.05) is 13.2 Å². The number of carboxylic acids is 1. The quantitative estimate of drug-likeness (QED) is 0.856. The predicted octanol–water partition coefficient (Wildman–Crippen LogP) is 1.30. The molecule has 1 aromatic rings. The zero-order valence-corrected chi connectivity index (χ0v) is 10.6. The smallest absolute Gasteiger partial charge is 0.308 e. The van der Waals surface area contributed by atoms with Gasteiger partial charge >= 0.3 is 5.97 Å². The van der Waals surface area contributed by atoms with Crippen LogP contribution in [0.1, 0.15) is 12.5 Å². The molecule has 0 saturated heterocycles. The Morgan fingerprint density at radius 1 is 1.42 bits per heavy atom. The summed E-state index contributed by atoms with van der Waals surface area (Å²) < 4.78 is 5.47. The van der Waals surface area contributed by atoms with Crippen molar-refractivity contribution in [1.82, 2.24) is 5.32 Å². The number of carbonyl (C=O) groups is 2. The molecule has 1 unspecified atom stereocenters. The predicted molar refractivity (Wildman–Crippen MR) is 69.7 cm³/mol. The average molecular weight is 261 g/mol. The van der Waals surface area contributed by atoms with Crippen LogP contribution in [-0.2, 0) is 9.59 Å². The molecule has 100 valence electrons. The van der Waals surface area contributed by atoms with Crippen LogP contribution in [0.3, 0.4) is 0 Å². The van der Waals surface area contributed by atoms with E-state index >= 15 is 0 Å². The fraction of sp³-hybridized carbons (Fsp3) is 0.286. The molecule has 0 aromatic heterocycles. The highest BCUT2D eigenvalue weighted by molar-refractivity contribution is 5.99. The van der Waals surface area contributed by atoms with Gasteiger partial charge in [-0.2, -0.15) is 0 Å². The van der Waals surface area contributed by atoms with E-state index in [4.69, 9.17) is 9.84 Å². The molecule has 0 spiro atoms. The van der Waals surface area contributed by atoms with Gasteiger partial charge in [-0.15, -0.1) is 0 Å². The summed E-state index contributed by atoms with van der Waals surface area (Å²) in [6, 6.07) is 7.44. The van der Waals surface area contributed by atoms with Gasteiger partial charge in [0.05, 0.1) is 11.5 Å². The Morgan fingerprint density at radius 2 is 2.16 bits per heavy atom.